The van der Waals surface area contributed by atoms with Crippen molar-refractivity contribution >= 4 is 15.7 Å². The molecule has 27 heavy (non-hydrogen) atoms. The van der Waals surface area contributed by atoms with Crippen LogP contribution in [-0.2, 0) is 15.3 Å². The van der Waals surface area contributed by atoms with Gasteiger partial charge in [0.05, 0.1) is 0 Å². The molecule has 1 amide bonds. The highest BCUT2D eigenvalue weighted by Crippen LogP contribution is 2.52. The lowest BCUT2D eigenvalue weighted by molar-refractivity contribution is 0.0947. The first kappa shape index (κ1) is 19.8. The molecule has 0 bridgehead atoms. The molecule has 3 rings (SSSR count). The number of fused-ring (bicyclic) bond motifs is 1. The van der Waals surface area contributed by atoms with Gasteiger partial charge in [0, 0.05) is 29.8 Å². The summed E-state index contributed by atoms with van der Waals surface area (Å²) in [5, 5.41) is 3.73. The van der Waals surface area contributed by atoms with Gasteiger partial charge in [-0.2, -0.15) is 4.98 Å². The van der Waals surface area contributed by atoms with Crippen LogP contribution in [-0.4, -0.2) is 43.2 Å². The molecule has 3 atom stereocenters. The lowest BCUT2D eigenvalue weighted by atomic mass is 9.95. The minimum atomic E-state index is -3.21. The summed E-state index contributed by atoms with van der Waals surface area (Å²) in [6, 6.07) is 0. The van der Waals surface area contributed by atoms with Gasteiger partial charge in [-0.3, -0.25) is 4.79 Å². The molecule has 1 N–H and O–H groups in total. The summed E-state index contributed by atoms with van der Waals surface area (Å²) in [5.41, 5.74) is 0.0136. The smallest absolute Gasteiger partial charge is 0.258 e. The van der Waals surface area contributed by atoms with Crippen LogP contribution in [0.1, 0.15) is 56.2 Å². The average molecular weight is 394 g/mol. The molecule has 7 nitrogen and oxygen atoms in total. The third-order valence-corrected chi connectivity index (χ3v) is 5.56. The first-order valence-electron chi connectivity index (χ1n) is 9.22. The molecule has 0 saturated heterocycles. The molecule has 0 unspecified atom stereocenters. The number of nitrogens with zero attached hydrogens (tertiary/aromatic N) is 2. The summed E-state index contributed by atoms with van der Waals surface area (Å²) in [4.78, 5) is 21.4. The van der Waals surface area contributed by atoms with Crippen molar-refractivity contribution in [1.82, 2.24) is 15.3 Å². The van der Waals surface area contributed by atoms with E-state index in [1.807, 2.05) is 20.8 Å². The van der Waals surface area contributed by atoms with Gasteiger partial charge in [-0.25, -0.2) is 13.4 Å². The minimum absolute atomic E-state index is 0.0909. The fourth-order valence-corrected chi connectivity index (χ4v) is 3.80. The Morgan fingerprint density at radius 3 is 2.56 bits per heavy atom. The van der Waals surface area contributed by atoms with Gasteiger partial charge in [0.1, 0.15) is 17.5 Å². The summed E-state index contributed by atoms with van der Waals surface area (Å²) >= 11 is 0. The Kier molecular flexibility index (Phi) is 5.29. The third-order valence-electron chi connectivity index (χ3n) is 4.87. The van der Waals surface area contributed by atoms with Crippen LogP contribution < -0.4 is 10.1 Å². The van der Waals surface area contributed by atoms with E-state index in [-0.39, 0.29) is 29.5 Å². The molecule has 0 aromatic carbocycles. The van der Waals surface area contributed by atoms with Crippen LogP contribution in [0.3, 0.4) is 0 Å². The molecular weight excluding hydrogens is 366 g/mol. The van der Waals surface area contributed by atoms with Crippen molar-refractivity contribution in [1.29, 1.82) is 0 Å². The molecule has 2 aliphatic rings. The monoisotopic (exact) mass is 393 g/mol. The van der Waals surface area contributed by atoms with E-state index in [4.69, 9.17) is 4.74 Å². The van der Waals surface area contributed by atoms with Crippen molar-refractivity contribution in [3.63, 3.8) is 0 Å². The van der Waals surface area contributed by atoms with Crippen LogP contribution in [0.25, 0.3) is 0 Å². The van der Waals surface area contributed by atoms with E-state index in [9.17, 15) is 13.2 Å². The van der Waals surface area contributed by atoms with Crippen molar-refractivity contribution in [3.05, 3.63) is 29.1 Å². The van der Waals surface area contributed by atoms with Gasteiger partial charge in [-0.1, -0.05) is 26.8 Å². The highest BCUT2D eigenvalue weighted by atomic mass is 32.2. The zero-order chi connectivity index (χ0) is 19.8. The Hall–Kier alpha value is -1.96. The molecule has 1 aromatic rings. The Balaban J connectivity index is 1.75. The second kappa shape index (κ2) is 7.22. The lowest BCUT2D eigenvalue weighted by Gasteiger charge is -2.21. The van der Waals surface area contributed by atoms with E-state index >= 15 is 0 Å². The van der Waals surface area contributed by atoms with E-state index in [1.165, 1.54) is 18.7 Å². The molecule has 0 aliphatic heterocycles. The molecule has 148 valence electrons. The predicted octanol–water partition coefficient (Wildman–Crippen LogP) is 2.24. The van der Waals surface area contributed by atoms with Crippen LogP contribution in [0.15, 0.2) is 17.7 Å². The van der Waals surface area contributed by atoms with Crippen molar-refractivity contribution in [2.75, 3.05) is 12.8 Å². The van der Waals surface area contributed by atoms with Crippen molar-refractivity contribution < 1.29 is 17.9 Å². The SMILES string of the molecule is CC(C)(C)c1ncc(C(=O)NC/C=C/S(C)(=O)=O)c(O[C@H]2C[C@@H]3C[C@@H]3C2)n1. The Bertz CT molecular complexity index is 848. The maximum Gasteiger partial charge on any atom is 0.258 e. The number of hydrogen-bond donors (Lipinski definition) is 1. The standard InChI is InChI=1S/C19H27N3O4S/c1-19(2,3)18-21-11-15(16(23)20-6-5-7-27(4,24)25)17(22-18)26-14-9-12-8-13(12)10-14/h5,7,11-14H,6,8-10H2,1-4H3,(H,20,23)/b7-5+/t12-,13+,14-. The summed E-state index contributed by atoms with van der Waals surface area (Å²) < 4.78 is 28.3. The maximum absolute atomic E-state index is 12.5. The van der Waals surface area contributed by atoms with Crippen LogP contribution in [0.5, 0.6) is 5.88 Å². The van der Waals surface area contributed by atoms with E-state index in [2.05, 4.69) is 15.3 Å². The summed E-state index contributed by atoms with van der Waals surface area (Å²) in [6.07, 6.45) is 7.39. The van der Waals surface area contributed by atoms with Crippen LogP contribution >= 0.6 is 0 Å². The van der Waals surface area contributed by atoms with Gasteiger partial charge < -0.3 is 10.1 Å². The second-order valence-corrected chi connectivity index (χ2v) is 10.5. The number of hydrogen-bond acceptors (Lipinski definition) is 6. The largest absolute Gasteiger partial charge is 0.474 e. The number of carbonyl (C=O) groups excluding carboxylic acids is 1. The Morgan fingerprint density at radius 1 is 1.30 bits per heavy atom. The number of amides is 1. The lowest BCUT2D eigenvalue weighted by Crippen LogP contribution is -2.27. The van der Waals surface area contributed by atoms with E-state index in [0.717, 1.165) is 36.3 Å². The van der Waals surface area contributed by atoms with Crippen molar-refractivity contribution in [3.8, 4) is 5.88 Å². The molecular formula is C19H27N3O4S. The number of sulfone groups is 1. The fourth-order valence-electron chi connectivity index (χ4n) is 3.36. The van der Waals surface area contributed by atoms with Gasteiger partial charge in [0.15, 0.2) is 9.84 Å². The molecule has 2 fully saturated rings. The normalized spacial score (nSPS) is 24.7. The quantitative estimate of drug-likeness (QED) is 0.796. The summed E-state index contributed by atoms with van der Waals surface area (Å²) in [7, 11) is -3.21. The molecule has 1 heterocycles. The number of nitrogens with one attached hydrogen (secondary N) is 1. The first-order chi connectivity index (χ1) is 12.5. The average Bonchev–Trinajstić information content (AvgIpc) is 3.16. The van der Waals surface area contributed by atoms with Crippen LogP contribution in [0, 0.1) is 11.8 Å². The van der Waals surface area contributed by atoms with Gasteiger partial charge in [-0.15, -0.1) is 0 Å². The number of carbonyl (C=O) groups is 1. The molecule has 0 radical (unpaired) electrons. The van der Waals surface area contributed by atoms with Crippen molar-refractivity contribution in [2.45, 2.75) is 51.6 Å². The van der Waals surface area contributed by atoms with Gasteiger partial charge in [0.25, 0.3) is 5.91 Å². The van der Waals surface area contributed by atoms with E-state index < -0.39 is 9.84 Å². The molecule has 8 heteroatoms. The summed E-state index contributed by atoms with van der Waals surface area (Å²) in [5.74, 6) is 2.07. The fraction of sp³-hybridized carbons (Fsp3) is 0.632. The number of ether oxygens (including phenoxy) is 1. The topological polar surface area (TPSA) is 98.2 Å². The number of rotatable bonds is 6. The zero-order valence-electron chi connectivity index (χ0n) is 16.2. The van der Waals surface area contributed by atoms with E-state index in [0.29, 0.717) is 11.7 Å². The molecule has 2 saturated carbocycles. The minimum Gasteiger partial charge on any atom is -0.474 e. The number of aromatic nitrogens is 2. The zero-order valence-corrected chi connectivity index (χ0v) is 17.0. The van der Waals surface area contributed by atoms with Crippen LogP contribution in [0.2, 0.25) is 0 Å². The third kappa shape index (κ3) is 5.28. The first-order valence-corrected chi connectivity index (χ1v) is 11.2. The second-order valence-electron chi connectivity index (χ2n) is 8.54. The van der Waals surface area contributed by atoms with E-state index in [1.54, 1.807) is 0 Å². The van der Waals surface area contributed by atoms with Gasteiger partial charge in [-0.05, 0) is 31.1 Å². The Morgan fingerprint density at radius 2 is 1.96 bits per heavy atom. The predicted molar refractivity (Wildman–Crippen MR) is 102 cm³/mol. The van der Waals surface area contributed by atoms with Crippen molar-refractivity contribution in [2.24, 2.45) is 11.8 Å². The summed E-state index contributed by atoms with van der Waals surface area (Å²) in [6.45, 7) is 6.12. The highest BCUT2D eigenvalue weighted by Gasteiger charge is 2.47. The maximum atomic E-state index is 12.5. The molecule has 0 spiro atoms. The van der Waals surface area contributed by atoms with Gasteiger partial charge in [0.2, 0.25) is 5.88 Å². The molecule has 1 aromatic heterocycles. The Labute approximate surface area is 160 Å². The van der Waals surface area contributed by atoms with Crippen LogP contribution in [0.4, 0.5) is 0 Å². The molecule has 2 aliphatic carbocycles. The highest BCUT2D eigenvalue weighted by molar-refractivity contribution is 7.93. The van der Waals surface area contributed by atoms with Gasteiger partial charge >= 0.3 is 0 Å².